The quantitative estimate of drug-likeness (QED) is 0.572. The van der Waals surface area contributed by atoms with Crippen LogP contribution in [0.15, 0.2) is 73.1 Å². The van der Waals surface area contributed by atoms with Crippen LogP contribution in [-0.4, -0.2) is 60.0 Å². The maximum atomic E-state index is 13.0. The first-order chi connectivity index (χ1) is 17.3. The number of nitrogens with zero attached hydrogens (tertiary/aromatic N) is 5. The molecule has 2 fully saturated rings. The predicted molar refractivity (Wildman–Crippen MR) is 139 cm³/mol. The van der Waals surface area contributed by atoms with Gasteiger partial charge in [0.1, 0.15) is 0 Å². The van der Waals surface area contributed by atoms with Crippen LogP contribution in [0, 0.1) is 5.92 Å². The van der Waals surface area contributed by atoms with Gasteiger partial charge in [-0.15, -0.1) is 0 Å². The lowest BCUT2D eigenvalue weighted by Crippen LogP contribution is -2.46. The second kappa shape index (κ2) is 11.3. The van der Waals surface area contributed by atoms with Crippen molar-refractivity contribution in [1.82, 2.24) is 20.2 Å². The molecule has 182 valence electrons. The zero-order valence-electron chi connectivity index (χ0n) is 20.2. The van der Waals surface area contributed by atoms with Crippen molar-refractivity contribution >= 4 is 17.5 Å². The van der Waals surface area contributed by atoms with E-state index in [0.29, 0.717) is 19.0 Å². The summed E-state index contributed by atoms with van der Waals surface area (Å²) in [6.07, 6.45) is 5.39. The van der Waals surface area contributed by atoms with Crippen molar-refractivity contribution in [1.29, 1.82) is 0 Å². The first kappa shape index (κ1) is 23.3. The highest BCUT2D eigenvalue weighted by atomic mass is 16.1. The molecular weight excluding hydrogens is 436 g/mol. The van der Waals surface area contributed by atoms with Crippen LogP contribution < -0.4 is 15.1 Å². The molecule has 0 bridgehead atoms. The van der Waals surface area contributed by atoms with Crippen LogP contribution in [-0.2, 0) is 17.9 Å². The predicted octanol–water partition coefficient (Wildman–Crippen LogP) is 3.33. The Morgan fingerprint density at radius 2 is 1.54 bits per heavy atom. The number of para-hydroxylation sites is 1. The van der Waals surface area contributed by atoms with E-state index in [4.69, 9.17) is 0 Å². The number of piperazine rings is 1. The number of rotatable bonds is 7. The largest absolute Gasteiger partial charge is 0.369 e. The molecular formula is C28H34N6O. The monoisotopic (exact) mass is 470 g/mol. The zero-order chi connectivity index (χ0) is 23.9. The first-order valence-corrected chi connectivity index (χ1v) is 12.6. The zero-order valence-corrected chi connectivity index (χ0v) is 20.2. The number of nitrogens with one attached hydrogen (secondary N) is 1. The van der Waals surface area contributed by atoms with Gasteiger partial charge in [0.25, 0.3) is 0 Å². The molecule has 7 nitrogen and oxygen atoms in total. The summed E-state index contributed by atoms with van der Waals surface area (Å²) < 4.78 is 0. The molecule has 1 atom stereocenters. The fraction of sp³-hybridized carbons (Fsp3) is 0.393. The minimum Gasteiger partial charge on any atom is -0.369 e. The van der Waals surface area contributed by atoms with E-state index in [1.165, 1.54) is 16.8 Å². The molecule has 35 heavy (non-hydrogen) atoms. The Balaban J connectivity index is 1.14. The summed E-state index contributed by atoms with van der Waals surface area (Å²) in [4.78, 5) is 28.8. The average Bonchev–Trinajstić information content (AvgIpc) is 2.94. The molecule has 2 aromatic carbocycles. The van der Waals surface area contributed by atoms with Gasteiger partial charge in [-0.1, -0.05) is 42.5 Å². The third kappa shape index (κ3) is 5.98. The Kier molecular flexibility index (Phi) is 7.53. The molecule has 5 rings (SSSR count). The van der Waals surface area contributed by atoms with Gasteiger partial charge >= 0.3 is 0 Å². The van der Waals surface area contributed by atoms with Crippen molar-refractivity contribution in [2.24, 2.45) is 5.92 Å². The van der Waals surface area contributed by atoms with Crippen molar-refractivity contribution in [3.8, 4) is 0 Å². The SMILES string of the molecule is O=C(NCc1ccccc1CN1CCN(c2ccccc2)CC1)C1CCCN(c2ncccn2)C1. The molecule has 0 aliphatic carbocycles. The van der Waals surface area contributed by atoms with E-state index in [0.717, 1.165) is 52.1 Å². The van der Waals surface area contributed by atoms with Crippen LogP contribution in [0.3, 0.4) is 0 Å². The lowest BCUT2D eigenvalue weighted by atomic mass is 9.97. The minimum absolute atomic E-state index is 0.0363. The van der Waals surface area contributed by atoms with Gasteiger partial charge in [-0.3, -0.25) is 9.69 Å². The molecule has 1 unspecified atom stereocenters. The van der Waals surface area contributed by atoms with E-state index >= 15 is 0 Å². The van der Waals surface area contributed by atoms with Gasteiger partial charge in [-0.2, -0.15) is 0 Å². The fourth-order valence-corrected chi connectivity index (χ4v) is 5.08. The molecule has 3 aromatic rings. The highest BCUT2D eigenvalue weighted by Gasteiger charge is 2.27. The van der Waals surface area contributed by atoms with E-state index in [-0.39, 0.29) is 11.8 Å². The van der Waals surface area contributed by atoms with Crippen LogP contribution in [0.4, 0.5) is 11.6 Å². The Morgan fingerprint density at radius 1 is 0.829 bits per heavy atom. The number of carbonyl (C=O) groups is 1. The molecule has 2 aliphatic rings. The van der Waals surface area contributed by atoms with Crippen molar-refractivity contribution in [2.45, 2.75) is 25.9 Å². The number of aromatic nitrogens is 2. The van der Waals surface area contributed by atoms with E-state index in [1.54, 1.807) is 12.4 Å². The Hall–Kier alpha value is -3.45. The van der Waals surface area contributed by atoms with Gasteiger partial charge in [0.15, 0.2) is 0 Å². The third-order valence-corrected chi connectivity index (χ3v) is 7.09. The van der Waals surface area contributed by atoms with Gasteiger partial charge in [0, 0.05) is 70.4 Å². The maximum Gasteiger partial charge on any atom is 0.225 e. The number of carbonyl (C=O) groups excluding carboxylic acids is 1. The molecule has 2 saturated heterocycles. The molecule has 1 amide bonds. The Morgan fingerprint density at radius 3 is 2.31 bits per heavy atom. The molecule has 3 heterocycles. The van der Waals surface area contributed by atoms with Crippen LogP contribution >= 0.6 is 0 Å². The second-order valence-corrected chi connectivity index (χ2v) is 9.42. The van der Waals surface area contributed by atoms with Crippen LogP contribution in [0.1, 0.15) is 24.0 Å². The first-order valence-electron chi connectivity index (χ1n) is 12.6. The number of amides is 1. The molecule has 1 aromatic heterocycles. The van der Waals surface area contributed by atoms with E-state index in [9.17, 15) is 4.79 Å². The summed E-state index contributed by atoms with van der Waals surface area (Å²) >= 11 is 0. The van der Waals surface area contributed by atoms with E-state index < -0.39 is 0 Å². The molecule has 1 N–H and O–H groups in total. The fourth-order valence-electron chi connectivity index (χ4n) is 5.08. The summed E-state index contributed by atoms with van der Waals surface area (Å²) in [5, 5.41) is 3.21. The number of anilines is 2. The Bertz CT molecular complexity index is 1080. The van der Waals surface area contributed by atoms with Crippen LogP contribution in [0.2, 0.25) is 0 Å². The van der Waals surface area contributed by atoms with Gasteiger partial charge in [-0.05, 0) is 42.2 Å². The van der Waals surface area contributed by atoms with Gasteiger partial charge < -0.3 is 15.1 Å². The molecule has 7 heteroatoms. The van der Waals surface area contributed by atoms with Gasteiger partial charge in [0.2, 0.25) is 11.9 Å². The maximum absolute atomic E-state index is 13.0. The van der Waals surface area contributed by atoms with Gasteiger partial charge in [-0.25, -0.2) is 9.97 Å². The Labute approximate surface area is 207 Å². The summed E-state index contributed by atoms with van der Waals surface area (Å²) in [6, 6.07) is 21.0. The van der Waals surface area contributed by atoms with Crippen molar-refractivity contribution < 1.29 is 4.79 Å². The van der Waals surface area contributed by atoms with Crippen molar-refractivity contribution in [3.63, 3.8) is 0 Å². The van der Waals surface area contributed by atoms with E-state index in [1.807, 2.05) is 6.07 Å². The van der Waals surface area contributed by atoms with Crippen LogP contribution in [0.25, 0.3) is 0 Å². The summed E-state index contributed by atoms with van der Waals surface area (Å²) in [5.41, 5.74) is 3.80. The average molecular weight is 471 g/mol. The molecule has 0 saturated carbocycles. The molecule has 0 spiro atoms. The third-order valence-electron chi connectivity index (χ3n) is 7.09. The van der Waals surface area contributed by atoms with Crippen molar-refractivity contribution in [3.05, 3.63) is 84.2 Å². The van der Waals surface area contributed by atoms with Crippen LogP contribution in [0.5, 0.6) is 0 Å². The lowest BCUT2D eigenvalue weighted by molar-refractivity contribution is -0.125. The number of piperidine rings is 1. The van der Waals surface area contributed by atoms with Crippen molar-refractivity contribution in [2.75, 3.05) is 49.1 Å². The topological polar surface area (TPSA) is 64.6 Å². The lowest BCUT2D eigenvalue weighted by Gasteiger charge is -2.36. The number of hydrogen-bond donors (Lipinski definition) is 1. The van der Waals surface area contributed by atoms with Gasteiger partial charge in [0.05, 0.1) is 5.92 Å². The summed E-state index contributed by atoms with van der Waals surface area (Å²) in [7, 11) is 0. The number of benzene rings is 2. The second-order valence-electron chi connectivity index (χ2n) is 9.42. The standard InChI is InChI=1S/C28H34N6O/c35-27(25-10-6-15-34(22-25)28-29-13-7-14-30-28)31-20-23-8-4-5-9-24(23)21-32-16-18-33(19-17-32)26-11-2-1-3-12-26/h1-5,7-9,11-14,25H,6,10,15-22H2,(H,31,35). The van der Waals surface area contributed by atoms with E-state index in [2.05, 4.69) is 84.6 Å². The minimum atomic E-state index is -0.0363. The summed E-state index contributed by atoms with van der Waals surface area (Å²) in [6.45, 7) is 7.19. The smallest absolute Gasteiger partial charge is 0.225 e. The summed E-state index contributed by atoms with van der Waals surface area (Å²) in [5.74, 6) is 0.797. The normalized spacial score (nSPS) is 18.9. The molecule has 0 radical (unpaired) electrons. The highest BCUT2D eigenvalue weighted by molar-refractivity contribution is 5.79. The number of hydrogen-bond acceptors (Lipinski definition) is 6. The molecule has 2 aliphatic heterocycles. The highest BCUT2D eigenvalue weighted by Crippen LogP contribution is 2.21.